The SMILES string of the molecule is COc1cccc(N2COc3ccc4ccccc4c3C2)c1. The number of methoxy groups -OCH3 is 1. The van der Waals surface area contributed by atoms with Crippen molar-refractivity contribution in [2.75, 3.05) is 18.7 Å². The minimum atomic E-state index is 0.554. The van der Waals surface area contributed by atoms with E-state index in [0.29, 0.717) is 6.73 Å². The van der Waals surface area contributed by atoms with E-state index in [1.54, 1.807) is 7.11 Å². The van der Waals surface area contributed by atoms with E-state index in [9.17, 15) is 0 Å². The zero-order chi connectivity index (χ0) is 14.9. The molecule has 3 nitrogen and oxygen atoms in total. The predicted octanol–water partition coefficient (Wildman–Crippen LogP) is 4.20. The van der Waals surface area contributed by atoms with E-state index >= 15 is 0 Å². The summed E-state index contributed by atoms with van der Waals surface area (Å²) in [6, 6.07) is 20.7. The molecule has 0 amide bonds. The van der Waals surface area contributed by atoms with Crippen molar-refractivity contribution >= 4 is 16.5 Å². The number of rotatable bonds is 2. The molecule has 0 unspecified atom stereocenters. The molecule has 0 saturated carbocycles. The van der Waals surface area contributed by atoms with Gasteiger partial charge in [-0.2, -0.15) is 0 Å². The fraction of sp³-hybridized carbons (Fsp3) is 0.158. The van der Waals surface area contributed by atoms with Crippen LogP contribution in [0.3, 0.4) is 0 Å². The van der Waals surface area contributed by atoms with Gasteiger partial charge in [-0.1, -0.05) is 36.4 Å². The maximum Gasteiger partial charge on any atom is 0.161 e. The van der Waals surface area contributed by atoms with Gasteiger partial charge in [-0.15, -0.1) is 0 Å². The van der Waals surface area contributed by atoms with Crippen molar-refractivity contribution in [3.05, 3.63) is 66.2 Å². The Labute approximate surface area is 129 Å². The van der Waals surface area contributed by atoms with Gasteiger partial charge >= 0.3 is 0 Å². The molecule has 0 aromatic heterocycles. The van der Waals surface area contributed by atoms with Crippen molar-refractivity contribution in [2.45, 2.75) is 6.54 Å². The van der Waals surface area contributed by atoms with Gasteiger partial charge in [0.1, 0.15) is 11.5 Å². The monoisotopic (exact) mass is 291 g/mol. The van der Waals surface area contributed by atoms with Crippen LogP contribution < -0.4 is 14.4 Å². The van der Waals surface area contributed by atoms with E-state index in [1.807, 2.05) is 18.2 Å². The standard InChI is InChI=1S/C19H17NO2/c1-21-16-7-4-6-15(11-16)20-12-18-17-8-3-2-5-14(17)9-10-19(18)22-13-20/h2-11H,12-13H2,1H3. The molecule has 1 aliphatic heterocycles. The lowest BCUT2D eigenvalue weighted by Crippen LogP contribution is -2.31. The Balaban J connectivity index is 1.75. The molecule has 22 heavy (non-hydrogen) atoms. The molecule has 1 aliphatic rings. The van der Waals surface area contributed by atoms with Crippen LogP contribution in [-0.4, -0.2) is 13.8 Å². The smallest absolute Gasteiger partial charge is 0.161 e. The number of hydrogen-bond donors (Lipinski definition) is 0. The van der Waals surface area contributed by atoms with Crippen molar-refractivity contribution in [1.82, 2.24) is 0 Å². The average molecular weight is 291 g/mol. The fourth-order valence-electron chi connectivity index (χ4n) is 2.97. The van der Waals surface area contributed by atoms with Gasteiger partial charge in [0.05, 0.1) is 13.7 Å². The second-order valence-electron chi connectivity index (χ2n) is 5.44. The normalized spacial score (nSPS) is 13.6. The Hall–Kier alpha value is -2.68. The van der Waals surface area contributed by atoms with E-state index in [0.717, 1.165) is 23.7 Å². The van der Waals surface area contributed by atoms with Crippen molar-refractivity contribution < 1.29 is 9.47 Å². The molecular weight excluding hydrogens is 274 g/mol. The predicted molar refractivity (Wildman–Crippen MR) is 88.6 cm³/mol. The molecule has 0 aliphatic carbocycles. The van der Waals surface area contributed by atoms with Crippen LogP contribution in [0, 0.1) is 0 Å². The number of fused-ring (bicyclic) bond motifs is 3. The highest BCUT2D eigenvalue weighted by molar-refractivity contribution is 5.88. The van der Waals surface area contributed by atoms with Crippen LogP contribution in [-0.2, 0) is 6.54 Å². The third kappa shape index (κ3) is 2.15. The Morgan fingerprint density at radius 2 is 1.91 bits per heavy atom. The van der Waals surface area contributed by atoms with Crippen LogP contribution in [0.2, 0.25) is 0 Å². The highest BCUT2D eigenvalue weighted by Gasteiger charge is 2.20. The summed E-state index contributed by atoms with van der Waals surface area (Å²) < 4.78 is 11.3. The first kappa shape index (κ1) is 13.0. The number of nitrogens with zero attached hydrogens (tertiary/aromatic N) is 1. The molecule has 0 saturated heterocycles. The van der Waals surface area contributed by atoms with E-state index in [1.165, 1.54) is 16.3 Å². The summed E-state index contributed by atoms with van der Waals surface area (Å²) in [6.07, 6.45) is 0. The Morgan fingerprint density at radius 1 is 1.00 bits per heavy atom. The lowest BCUT2D eigenvalue weighted by Gasteiger charge is -2.31. The molecule has 0 N–H and O–H groups in total. The van der Waals surface area contributed by atoms with E-state index in [4.69, 9.17) is 9.47 Å². The zero-order valence-corrected chi connectivity index (χ0v) is 12.5. The van der Waals surface area contributed by atoms with Crippen LogP contribution in [0.15, 0.2) is 60.7 Å². The largest absolute Gasteiger partial charge is 0.497 e. The van der Waals surface area contributed by atoms with Crippen LogP contribution in [0.25, 0.3) is 10.8 Å². The lowest BCUT2D eigenvalue weighted by atomic mass is 10.0. The first-order valence-electron chi connectivity index (χ1n) is 7.37. The molecule has 3 heteroatoms. The number of ether oxygens (including phenoxy) is 2. The summed E-state index contributed by atoms with van der Waals surface area (Å²) in [5.41, 5.74) is 2.35. The lowest BCUT2D eigenvalue weighted by molar-refractivity contribution is 0.290. The number of benzene rings is 3. The van der Waals surface area contributed by atoms with Crippen molar-refractivity contribution in [3.63, 3.8) is 0 Å². The second-order valence-corrected chi connectivity index (χ2v) is 5.44. The summed E-state index contributed by atoms with van der Waals surface area (Å²) in [5.74, 6) is 1.85. The minimum Gasteiger partial charge on any atom is -0.497 e. The van der Waals surface area contributed by atoms with Gasteiger partial charge in [0.15, 0.2) is 6.73 Å². The molecule has 0 fully saturated rings. The van der Waals surface area contributed by atoms with Gasteiger partial charge in [-0.3, -0.25) is 0 Å². The molecular formula is C19H17NO2. The molecule has 0 atom stereocenters. The van der Waals surface area contributed by atoms with Gasteiger partial charge < -0.3 is 14.4 Å². The van der Waals surface area contributed by atoms with E-state index in [2.05, 4.69) is 47.4 Å². The minimum absolute atomic E-state index is 0.554. The van der Waals surface area contributed by atoms with Gasteiger partial charge in [0.2, 0.25) is 0 Å². The average Bonchev–Trinajstić information content (AvgIpc) is 2.61. The molecule has 110 valence electrons. The third-order valence-electron chi connectivity index (χ3n) is 4.14. The summed E-state index contributed by atoms with van der Waals surface area (Å²) in [6.45, 7) is 1.39. The summed E-state index contributed by atoms with van der Waals surface area (Å²) in [5, 5.41) is 2.50. The zero-order valence-electron chi connectivity index (χ0n) is 12.5. The maximum absolute atomic E-state index is 5.96. The quantitative estimate of drug-likeness (QED) is 0.706. The van der Waals surface area contributed by atoms with Crippen molar-refractivity contribution in [2.24, 2.45) is 0 Å². The Bertz CT molecular complexity index is 829. The Morgan fingerprint density at radius 3 is 2.82 bits per heavy atom. The summed E-state index contributed by atoms with van der Waals surface area (Å²) >= 11 is 0. The second kappa shape index (κ2) is 5.26. The van der Waals surface area contributed by atoms with Crippen LogP contribution in [0.4, 0.5) is 5.69 Å². The molecule has 3 aromatic carbocycles. The van der Waals surface area contributed by atoms with Gasteiger partial charge in [-0.05, 0) is 29.0 Å². The maximum atomic E-state index is 5.96. The first-order chi connectivity index (χ1) is 10.8. The van der Waals surface area contributed by atoms with E-state index in [-0.39, 0.29) is 0 Å². The highest BCUT2D eigenvalue weighted by atomic mass is 16.5. The molecule has 0 bridgehead atoms. The summed E-state index contributed by atoms with van der Waals surface area (Å²) in [4.78, 5) is 2.22. The van der Waals surface area contributed by atoms with Crippen LogP contribution in [0.1, 0.15) is 5.56 Å². The van der Waals surface area contributed by atoms with Gasteiger partial charge in [-0.25, -0.2) is 0 Å². The topological polar surface area (TPSA) is 21.7 Å². The highest BCUT2D eigenvalue weighted by Crippen LogP contribution is 2.34. The number of hydrogen-bond acceptors (Lipinski definition) is 3. The molecule has 1 heterocycles. The summed E-state index contributed by atoms with van der Waals surface area (Å²) in [7, 11) is 1.69. The third-order valence-corrected chi connectivity index (χ3v) is 4.14. The first-order valence-corrected chi connectivity index (χ1v) is 7.37. The molecule has 0 spiro atoms. The van der Waals surface area contributed by atoms with Crippen LogP contribution in [0.5, 0.6) is 11.5 Å². The van der Waals surface area contributed by atoms with Gasteiger partial charge in [0, 0.05) is 17.3 Å². The molecule has 4 rings (SSSR count). The van der Waals surface area contributed by atoms with Gasteiger partial charge in [0.25, 0.3) is 0 Å². The van der Waals surface area contributed by atoms with E-state index < -0.39 is 0 Å². The number of anilines is 1. The molecule has 3 aromatic rings. The molecule has 0 radical (unpaired) electrons. The fourth-order valence-corrected chi connectivity index (χ4v) is 2.97. The van der Waals surface area contributed by atoms with Crippen LogP contribution >= 0.6 is 0 Å². The Kier molecular flexibility index (Phi) is 3.11. The van der Waals surface area contributed by atoms with Crippen molar-refractivity contribution in [3.8, 4) is 11.5 Å². The van der Waals surface area contributed by atoms with Crippen molar-refractivity contribution in [1.29, 1.82) is 0 Å².